The van der Waals surface area contributed by atoms with Gasteiger partial charge in [0.1, 0.15) is 12.2 Å². The molecule has 126 valence electrons. The van der Waals surface area contributed by atoms with Gasteiger partial charge in [-0.3, -0.25) is 9.59 Å². The number of benzene rings is 1. The number of aromatic nitrogens is 3. The minimum Gasteiger partial charge on any atom is -0.480 e. The molecule has 1 aromatic heterocycles. The number of aliphatic carboxylic acids is 1. The molecule has 9 heteroatoms. The van der Waals surface area contributed by atoms with Gasteiger partial charge in [-0.1, -0.05) is 34.5 Å². The van der Waals surface area contributed by atoms with Crippen LogP contribution < -0.4 is 5.32 Å². The number of halogens is 2. The maximum atomic E-state index is 12.2. The first-order valence-electron chi connectivity index (χ1n) is 7.27. The highest BCUT2D eigenvalue weighted by Crippen LogP contribution is 2.48. The molecule has 1 amide bonds. The van der Waals surface area contributed by atoms with Crippen LogP contribution in [0.2, 0.25) is 10.0 Å². The fourth-order valence-electron chi connectivity index (χ4n) is 2.54. The van der Waals surface area contributed by atoms with Crippen molar-refractivity contribution >= 4 is 35.1 Å². The van der Waals surface area contributed by atoms with Crippen molar-refractivity contribution in [3.63, 3.8) is 0 Å². The predicted octanol–water partition coefficient (Wildman–Crippen LogP) is 2.09. The van der Waals surface area contributed by atoms with Crippen LogP contribution in [0.3, 0.4) is 0 Å². The zero-order valence-electron chi connectivity index (χ0n) is 12.4. The van der Waals surface area contributed by atoms with E-state index in [4.69, 9.17) is 28.3 Å². The smallest absolute Gasteiger partial charge is 0.325 e. The third-order valence-electron chi connectivity index (χ3n) is 3.83. The Labute approximate surface area is 147 Å². The Kier molecular flexibility index (Phi) is 4.73. The van der Waals surface area contributed by atoms with E-state index in [9.17, 15) is 9.59 Å². The molecular weight excluding hydrogens is 355 g/mol. The molecule has 2 atom stereocenters. The van der Waals surface area contributed by atoms with Gasteiger partial charge in [0.2, 0.25) is 5.91 Å². The molecule has 1 saturated carbocycles. The second-order valence-electron chi connectivity index (χ2n) is 5.64. The van der Waals surface area contributed by atoms with Gasteiger partial charge in [0.15, 0.2) is 0 Å². The van der Waals surface area contributed by atoms with E-state index in [1.54, 1.807) is 12.1 Å². The number of carboxylic acids is 1. The summed E-state index contributed by atoms with van der Waals surface area (Å²) < 4.78 is 1.21. The highest BCUT2D eigenvalue weighted by Gasteiger charge is 2.43. The van der Waals surface area contributed by atoms with Crippen LogP contribution in [0.4, 0.5) is 0 Å². The monoisotopic (exact) mass is 368 g/mol. The van der Waals surface area contributed by atoms with Crippen molar-refractivity contribution in [2.45, 2.75) is 25.4 Å². The van der Waals surface area contributed by atoms with E-state index in [0.717, 1.165) is 12.0 Å². The molecule has 1 aromatic carbocycles. The van der Waals surface area contributed by atoms with Crippen LogP contribution in [0.1, 0.15) is 23.6 Å². The Morgan fingerprint density at radius 1 is 1.33 bits per heavy atom. The topological polar surface area (TPSA) is 97.1 Å². The molecule has 1 aliphatic carbocycles. The number of hydrogen-bond donors (Lipinski definition) is 2. The van der Waals surface area contributed by atoms with E-state index in [1.807, 2.05) is 6.07 Å². The van der Waals surface area contributed by atoms with Crippen molar-refractivity contribution in [3.8, 4) is 0 Å². The first kappa shape index (κ1) is 16.7. The Bertz CT molecular complexity index is 793. The summed E-state index contributed by atoms with van der Waals surface area (Å²) in [6.07, 6.45) is 2.26. The lowest BCUT2D eigenvalue weighted by Gasteiger charge is -2.04. The minimum atomic E-state index is -1.00. The Morgan fingerprint density at radius 2 is 2.12 bits per heavy atom. The van der Waals surface area contributed by atoms with E-state index in [2.05, 4.69) is 15.6 Å². The van der Waals surface area contributed by atoms with Crippen molar-refractivity contribution in [1.29, 1.82) is 0 Å². The predicted molar refractivity (Wildman–Crippen MR) is 86.8 cm³/mol. The average molecular weight is 369 g/mol. The summed E-state index contributed by atoms with van der Waals surface area (Å²) in [5.74, 6) is -1.03. The van der Waals surface area contributed by atoms with Crippen LogP contribution in [0.15, 0.2) is 24.4 Å². The zero-order chi connectivity index (χ0) is 17.3. The molecule has 7 nitrogen and oxygen atoms in total. The highest BCUT2D eigenvalue weighted by atomic mass is 35.5. The molecule has 24 heavy (non-hydrogen) atoms. The number of nitrogens with one attached hydrogen (secondary N) is 1. The molecule has 2 N–H and O–H groups in total. The van der Waals surface area contributed by atoms with Gasteiger partial charge in [-0.25, -0.2) is 4.68 Å². The summed E-state index contributed by atoms with van der Waals surface area (Å²) in [5.41, 5.74) is 1.51. The first-order chi connectivity index (χ1) is 11.4. The molecule has 0 spiro atoms. The Balaban J connectivity index is 1.52. The fraction of sp³-hybridized carbons (Fsp3) is 0.333. The lowest BCUT2D eigenvalue weighted by atomic mass is 10.1. The SMILES string of the molecule is O=C(O)Cn1cc(CNC(=O)C2CC2c2ccc(Cl)c(Cl)c2)nn1. The normalized spacial score (nSPS) is 19.1. The summed E-state index contributed by atoms with van der Waals surface area (Å²) in [6.45, 7) is -0.0496. The molecule has 2 aromatic rings. The molecule has 2 unspecified atom stereocenters. The molecule has 0 aliphatic heterocycles. The highest BCUT2D eigenvalue weighted by molar-refractivity contribution is 6.42. The van der Waals surface area contributed by atoms with E-state index >= 15 is 0 Å². The Morgan fingerprint density at radius 3 is 2.83 bits per heavy atom. The van der Waals surface area contributed by atoms with Gasteiger partial charge in [-0.2, -0.15) is 0 Å². The number of amides is 1. The van der Waals surface area contributed by atoms with Crippen LogP contribution in [0.5, 0.6) is 0 Å². The molecule has 1 heterocycles. The van der Waals surface area contributed by atoms with Crippen molar-refractivity contribution in [2.24, 2.45) is 5.92 Å². The summed E-state index contributed by atoms with van der Waals surface area (Å²) in [7, 11) is 0. The maximum Gasteiger partial charge on any atom is 0.325 e. The van der Waals surface area contributed by atoms with Crippen molar-refractivity contribution in [1.82, 2.24) is 20.3 Å². The van der Waals surface area contributed by atoms with E-state index in [1.165, 1.54) is 10.9 Å². The lowest BCUT2D eigenvalue weighted by molar-refractivity contribution is -0.138. The summed E-state index contributed by atoms with van der Waals surface area (Å²) in [4.78, 5) is 22.8. The molecular formula is C15H14Cl2N4O3. The quantitative estimate of drug-likeness (QED) is 0.813. The van der Waals surface area contributed by atoms with Crippen molar-refractivity contribution in [2.75, 3.05) is 0 Å². The van der Waals surface area contributed by atoms with Crippen LogP contribution >= 0.6 is 23.2 Å². The van der Waals surface area contributed by atoms with E-state index in [0.29, 0.717) is 15.7 Å². The van der Waals surface area contributed by atoms with Crippen molar-refractivity contribution in [3.05, 3.63) is 45.7 Å². The number of carbonyl (C=O) groups excluding carboxylic acids is 1. The van der Waals surface area contributed by atoms with Gasteiger partial charge >= 0.3 is 5.97 Å². The lowest BCUT2D eigenvalue weighted by Crippen LogP contribution is -2.25. The maximum absolute atomic E-state index is 12.2. The molecule has 0 radical (unpaired) electrons. The summed E-state index contributed by atoms with van der Waals surface area (Å²) in [6, 6.07) is 5.40. The second-order valence-corrected chi connectivity index (χ2v) is 6.46. The number of nitrogens with zero attached hydrogens (tertiary/aromatic N) is 3. The molecule has 0 saturated heterocycles. The molecule has 1 aliphatic rings. The van der Waals surface area contributed by atoms with Crippen molar-refractivity contribution < 1.29 is 14.7 Å². The fourth-order valence-corrected chi connectivity index (χ4v) is 2.85. The van der Waals surface area contributed by atoms with E-state index < -0.39 is 5.97 Å². The summed E-state index contributed by atoms with van der Waals surface area (Å²) in [5, 5.41) is 19.9. The van der Waals surface area contributed by atoms with Crippen LogP contribution in [0.25, 0.3) is 0 Å². The van der Waals surface area contributed by atoms with Crippen LogP contribution in [-0.2, 0) is 22.7 Å². The summed E-state index contributed by atoms with van der Waals surface area (Å²) >= 11 is 11.9. The third-order valence-corrected chi connectivity index (χ3v) is 4.57. The Hall–Kier alpha value is -2.12. The minimum absolute atomic E-state index is 0.0705. The van der Waals surface area contributed by atoms with Gasteiger partial charge in [-0.05, 0) is 30.0 Å². The van der Waals surface area contributed by atoms with Crippen LogP contribution in [-0.4, -0.2) is 32.0 Å². The van der Waals surface area contributed by atoms with Gasteiger partial charge in [-0.15, -0.1) is 5.10 Å². The molecule has 1 fully saturated rings. The van der Waals surface area contributed by atoms with Gasteiger partial charge < -0.3 is 10.4 Å². The number of carbonyl (C=O) groups is 2. The zero-order valence-corrected chi connectivity index (χ0v) is 14.0. The standard InChI is InChI=1S/C15H14Cl2N4O3/c16-12-2-1-8(3-13(12)17)10-4-11(10)15(24)18-5-9-6-21(20-19-9)7-14(22)23/h1-3,6,10-11H,4-5,7H2,(H,18,24)(H,22,23). The van der Waals surface area contributed by atoms with E-state index in [-0.39, 0.29) is 30.8 Å². The molecule has 3 rings (SSSR count). The third kappa shape index (κ3) is 3.85. The average Bonchev–Trinajstić information content (AvgIpc) is 3.21. The number of hydrogen-bond acceptors (Lipinski definition) is 4. The first-order valence-corrected chi connectivity index (χ1v) is 8.03. The second kappa shape index (κ2) is 6.78. The van der Waals surface area contributed by atoms with Gasteiger partial charge in [0.25, 0.3) is 0 Å². The van der Waals surface area contributed by atoms with Crippen LogP contribution in [0, 0.1) is 5.92 Å². The van der Waals surface area contributed by atoms with Gasteiger partial charge in [0, 0.05) is 5.92 Å². The van der Waals surface area contributed by atoms with Gasteiger partial charge in [0.05, 0.1) is 22.8 Å². The largest absolute Gasteiger partial charge is 0.480 e. The molecule has 0 bridgehead atoms. The number of rotatable bonds is 6. The number of carboxylic acid groups (broad SMARTS) is 1.